The van der Waals surface area contributed by atoms with Gasteiger partial charge in [0.1, 0.15) is 11.6 Å². The molecular formula is C25H31N7. The van der Waals surface area contributed by atoms with E-state index in [2.05, 4.69) is 79.7 Å². The van der Waals surface area contributed by atoms with Crippen LogP contribution in [0.5, 0.6) is 0 Å². The molecule has 3 aromatic heterocycles. The lowest BCUT2D eigenvalue weighted by Crippen LogP contribution is -2.14. The summed E-state index contributed by atoms with van der Waals surface area (Å²) in [4.78, 5) is 20.3. The molecule has 0 radical (unpaired) electrons. The molecule has 4 N–H and O–H groups in total. The number of rotatable bonds is 11. The minimum absolute atomic E-state index is 0.741. The van der Waals surface area contributed by atoms with E-state index in [0.29, 0.717) is 0 Å². The SMILES string of the molecule is CCCNCc1ncc(-c2ccc(-c3ccc(-c4cnc(CNCCC)[nH]4)nc3)cc2)[nH]1. The van der Waals surface area contributed by atoms with Gasteiger partial charge in [0.2, 0.25) is 0 Å². The zero-order chi connectivity index (χ0) is 22.2. The van der Waals surface area contributed by atoms with Gasteiger partial charge in [0.05, 0.1) is 42.6 Å². The quantitative estimate of drug-likeness (QED) is 0.263. The van der Waals surface area contributed by atoms with Gasteiger partial charge in [-0.3, -0.25) is 4.98 Å². The largest absolute Gasteiger partial charge is 0.341 e. The van der Waals surface area contributed by atoms with Crippen LogP contribution >= 0.6 is 0 Å². The van der Waals surface area contributed by atoms with E-state index in [1.54, 1.807) is 0 Å². The fraction of sp³-hybridized carbons (Fsp3) is 0.320. The number of aromatic nitrogens is 5. The average molecular weight is 430 g/mol. The van der Waals surface area contributed by atoms with Crippen LogP contribution in [-0.4, -0.2) is 38.0 Å². The summed E-state index contributed by atoms with van der Waals surface area (Å²) in [7, 11) is 0. The van der Waals surface area contributed by atoms with Gasteiger partial charge in [-0.2, -0.15) is 0 Å². The minimum Gasteiger partial charge on any atom is -0.341 e. The second-order valence-corrected chi connectivity index (χ2v) is 7.85. The molecule has 1 aromatic carbocycles. The van der Waals surface area contributed by atoms with Gasteiger partial charge in [-0.25, -0.2) is 9.97 Å². The van der Waals surface area contributed by atoms with Crippen molar-refractivity contribution in [3.63, 3.8) is 0 Å². The first kappa shape index (κ1) is 21.9. The van der Waals surface area contributed by atoms with Crippen molar-refractivity contribution in [1.29, 1.82) is 0 Å². The van der Waals surface area contributed by atoms with Gasteiger partial charge in [0, 0.05) is 11.8 Å². The predicted molar refractivity (Wildman–Crippen MR) is 129 cm³/mol. The average Bonchev–Trinajstić information content (AvgIpc) is 3.50. The molecule has 7 nitrogen and oxygen atoms in total. The molecule has 32 heavy (non-hydrogen) atoms. The summed E-state index contributed by atoms with van der Waals surface area (Å²) in [5.41, 5.74) is 6.19. The van der Waals surface area contributed by atoms with Crippen LogP contribution in [0.1, 0.15) is 38.3 Å². The molecule has 7 heteroatoms. The van der Waals surface area contributed by atoms with E-state index in [1.807, 2.05) is 24.7 Å². The van der Waals surface area contributed by atoms with E-state index >= 15 is 0 Å². The van der Waals surface area contributed by atoms with E-state index in [4.69, 9.17) is 0 Å². The lowest BCUT2D eigenvalue weighted by Gasteiger charge is -2.05. The van der Waals surface area contributed by atoms with Crippen molar-refractivity contribution in [3.05, 3.63) is 66.6 Å². The van der Waals surface area contributed by atoms with Gasteiger partial charge in [-0.1, -0.05) is 44.2 Å². The Kier molecular flexibility index (Phi) is 7.42. The van der Waals surface area contributed by atoms with E-state index in [-0.39, 0.29) is 0 Å². The monoisotopic (exact) mass is 429 g/mol. The molecule has 0 bridgehead atoms. The smallest absolute Gasteiger partial charge is 0.120 e. The maximum atomic E-state index is 4.64. The molecule has 166 valence electrons. The minimum atomic E-state index is 0.741. The lowest BCUT2D eigenvalue weighted by molar-refractivity contribution is 0.655. The number of hydrogen-bond acceptors (Lipinski definition) is 5. The van der Waals surface area contributed by atoms with Crippen LogP contribution < -0.4 is 10.6 Å². The summed E-state index contributed by atoms with van der Waals surface area (Å²) in [6, 6.07) is 12.6. The lowest BCUT2D eigenvalue weighted by atomic mass is 10.0. The molecule has 0 unspecified atom stereocenters. The topological polar surface area (TPSA) is 94.3 Å². The zero-order valence-electron chi connectivity index (χ0n) is 18.8. The van der Waals surface area contributed by atoms with E-state index < -0.39 is 0 Å². The highest BCUT2D eigenvalue weighted by molar-refractivity contribution is 5.69. The summed E-state index contributed by atoms with van der Waals surface area (Å²) in [5.74, 6) is 1.89. The number of imidazole rings is 2. The van der Waals surface area contributed by atoms with Crippen LogP contribution in [0.2, 0.25) is 0 Å². The molecular weight excluding hydrogens is 398 g/mol. The first-order chi connectivity index (χ1) is 15.8. The van der Waals surface area contributed by atoms with Crippen molar-refractivity contribution in [3.8, 4) is 33.8 Å². The summed E-state index contributed by atoms with van der Waals surface area (Å²) in [6.45, 7) is 7.79. The number of pyridine rings is 1. The molecule has 0 saturated heterocycles. The Labute approximate surface area is 189 Å². The third kappa shape index (κ3) is 5.49. The first-order valence-electron chi connectivity index (χ1n) is 11.3. The normalized spacial score (nSPS) is 11.2. The molecule has 0 saturated carbocycles. The Morgan fingerprint density at radius 1 is 0.625 bits per heavy atom. The van der Waals surface area contributed by atoms with Crippen molar-refractivity contribution in [2.45, 2.75) is 39.8 Å². The number of benzene rings is 1. The van der Waals surface area contributed by atoms with Crippen LogP contribution in [0.4, 0.5) is 0 Å². The summed E-state index contributed by atoms with van der Waals surface area (Å²) >= 11 is 0. The molecule has 3 heterocycles. The first-order valence-corrected chi connectivity index (χ1v) is 11.3. The number of nitrogens with zero attached hydrogens (tertiary/aromatic N) is 3. The zero-order valence-corrected chi connectivity index (χ0v) is 18.8. The van der Waals surface area contributed by atoms with Gasteiger partial charge in [-0.05, 0) is 43.1 Å². The second-order valence-electron chi connectivity index (χ2n) is 7.85. The molecule has 0 spiro atoms. The molecule has 0 amide bonds. The van der Waals surface area contributed by atoms with Crippen LogP contribution in [0, 0.1) is 0 Å². The number of hydrogen-bond donors (Lipinski definition) is 4. The van der Waals surface area contributed by atoms with Crippen molar-refractivity contribution < 1.29 is 0 Å². The number of aromatic amines is 2. The van der Waals surface area contributed by atoms with Crippen molar-refractivity contribution >= 4 is 0 Å². The van der Waals surface area contributed by atoms with Crippen LogP contribution in [0.25, 0.3) is 33.8 Å². The van der Waals surface area contributed by atoms with Crippen LogP contribution in [0.3, 0.4) is 0 Å². The Morgan fingerprint density at radius 3 is 1.78 bits per heavy atom. The Balaban J connectivity index is 1.40. The van der Waals surface area contributed by atoms with Crippen molar-refractivity contribution in [2.24, 2.45) is 0 Å². The molecule has 4 rings (SSSR count). The summed E-state index contributed by atoms with van der Waals surface area (Å²) in [5, 5.41) is 6.72. The summed E-state index contributed by atoms with van der Waals surface area (Å²) < 4.78 is 0. The maximum absolute atomic E-state index is 4.64. The molecule has 0 aliphatic carbocycles. The number of nitrogens with one attached hydrogen (secondary N) is 4. The van der Waals surface area contributed by atoms with E-state index in [0.717, 1.165) is 84.4 Å². The fourth-order valence-electron chi connectivity index (χ4n) is 3.51. The van der Waals surface area contributed by atoms with Gasteiger partial charge < -0.3 is 20.6 Å². The predicted octanol–water partition coefficient (Wildman–Crippen LogP) is 4.53. The molecule has 0 fully saturated rings. The Hall–Kier alpha value is -3.29. The highest BCUT2D eigenvalue weighted by Gasteiger charge is 2.07. The highest BCUT2D eigenvalue weighted by atomic mass is 15.0. The van der Waals surface area contributed by atoms with Gasteiger partial charge in [-0.15, -0.1) is 0 Å². The fourth-order valence-corrected chi connectivity index (χ4v) is 3.51. The van der Waals surface area contributed by atoms with Gasteiger partial charge in [0.25, 0.3) is 0 Å². The van der Waals surface area contributed by atoms with Crippen LogP contribution in [-0.2, 0) is 13.1 Å². The summed E-state index contributed by atoms with van der Waals surface area (Å²) in [6.07, 6.45) is 7.87. The molecule has 0 aliphatic heterocycles. The number of H-pyrrole nitrogens is 2. The Bertz CT molecular complexity index is 1000. The van der Waals surface area contributed by atoms with Crippen molar-refractivity contribution in [2.75, 3.05) is 13.1 Å². The van der Waals surface area contributed by atoms with E-state index in [1.165, 1.54) is 0 Å². The molecule has 0 atom stereocenters. The Morgan fingerprint density at radius 2 is 1.19 bits per heavy atom. The van der Waals surface area contributed by atoms with Crippen LogP contribution in [0.15, 0.2) is 55.0 Å². The standard InChI is InChI=1S/C25H31N7/c1-3-11-26-16-24-29-14-22(31-24)19-7-5-18(6-8-19)20-9-10-21(28-13-20)23-15-30-25(32-23)17-27-12-4-2/h5-10,13-15,26-27H,3-4,11-12,16-17H2,1-2H3,(H,29,31)(H,30,32). The van der Waals surface area contributed by atoms with Gasteiger partial charge >= 0.3 is 0 Å². The van der Waals surface area contributed by atoms with E-state index in [9.17, 15) is 0 Å². The molecule has 4 aromatic rings. The highest BCUT2D eigenvalue weighted by Crippen LogP contribution is 2.25. The van der Waals surface area contributed by atoms with Crippen molar-refractivity contribution in [1.82, 2.24) is 35.6 Å². The van der Waals surface area contributed by atoms with Gasteiger partial charge in [0.15, 0.2) is 0 Å². The molecule has 0 aliphatic rings. The second kappa shape index (κ2) is 10.8. The third-order valence-corrected chi connectivity index (χ3v) is 5.26. The maximum Gasteiger partial charge on any atom is 0.120 e. The third-order valence-electron chi connectivity index (χ3n) is 5.26.